The van der Waals surface area contributed by atoms with Gasteiger partial charge in [0.2, 0.25) is 0 Å². The zero-order chi connectivity index (χ0) is 15.4. The average Bonchev–Trinajstić information content (AvgIpc) is 2.89. The first-order valence-electron chi connectivity index (χ1n) is 5.95. The molecule has 0 bridgehead atoms. The van der Waals surface area contributed by atoms with Gasteiger partial charge in [-0.25, -0.2) is 4.98 Å². The van der Waals surface area contributed by atoms with Crippen LogP contribution in [-0.2, 0) is 6.54 Å². The van der Waals surface area contributed by atoms with E-state index in [1.165, 1.54) is 11.3 Å². The predicted octanol–water partition coefficient (Wildman–Crippen LogP) is 3.06. The lowest BCUT2D eigenvalue weighted by Crippen LogP contribution is -2.13. The Labute approximate surface area is 137 Å². The topological polar surface area (TPSA) is 69.4 Å². The van der Waals surface area contributed by atoms with Crippen molar-refractivity contribution in [3.05, 3.63) is 33.2 Å². The Kier molecular flexibility index (Phi) is 5.22. The molecule has 1 aromatic heterocycles. The van der Waals surface area contributed by atoms with Gasteiger partial charge in [-0.1, -0.05) is 23.8 Å². The second kappa shape index (κ2) is 6.93. The van der Waals surface area contributed by atoms with Gasteiger partial charge in [0, 0.05) is 28.4 Å². The van der Waals surface area contributed by atoms with E-state index in [2.05, 4.69) is 10.3 Å². The third-order valence-electron chi connectivity index (χ3n) is 2.77. The van der Waals surface area contributed by atoms with Crippen molar-refractivity contribution in [3.63, 3.8) is 0 Å². The smallest absolute Gasteiger partial charge is 0.183 e. The second-order valence-corrected chi connectivity index (χ2v) is 6.19. The molecule has 8 heteroatoms. The zero-order valence-electron chi connectivity index (χ0n) is 11.5. The SMILES string of the molecule is COc1cc(NCc2cnc(Cl)s2)c(C(N)=S)cc1OC. The Morgan fingerprint density at radius 1 is 1.38 bits per heavy atom. The molecule has 0 radical (unpaired) electrons. The average molecular weight is 344 g/mol. The molecule has 0 unspecified atom stereocenters. The number of ether oxygens (including phenoxy) is 2. The highest BCUT2D eigenvalue weighted by molar-refractivity contribution is 7.80. The summed E-state index contributed by atoms with van der Waals surface area (Å²) in [6.07, 6.45) is 1.72. The minimum Gasteiger partial charge on any atom is -0.493 e. The standard InChI is InChI=1S/C13H14ClN3O2S2/c1-18-10-3-8(12(15)20)9(4-11(10)19-2)16-5-7-6-17-13(14)21-7/h3-4,6,16H,5H2,1-2H3,(H2,15,20). The third-order valence-corrected chi connectivity index (χ3v) is 4.10. The van der Waals surface area contributed by atoms with Crippen LogP contribution in [-0.4, -0.2) is 24.2 Å². The van der Waals surface area contributed by atoms with Crippen molar-refractivity contribution < 1.29 is 9.47 Å². The monoisotopic (exact) mass is 343 g/mol. The number of nitrogens with zero attached hydrogens (tertiary/aromatic N) is 1. The van der Waals surface area contributed by atoms with Crippen molar-refractivity contribution in [2.24, 2.45) is 5.73 Å². The summed E-state index contributed by atoms with van der Waals surface area (Å²) in [7, 11) is 3.14. The number of hydrogen-bond acceptors (Lipinski definition) is 6. The fourth-order valence-electron chi connectivity index (χ4n) is 1.78. The number of rotatable bonds is 6. The molecule has 1 aromatic carbocycles. The number of nitrogens with two attached hydrogens (primary N) is 1. The predicted molar refractivity (Wildman–Crippen MR) is 89.9 cm³/mol. The van der Waals surface area contributed by atoms with Gasteiger partial charge in [-0.15, -0.1) is 11.3 Å². The number of thiocarbonyl (C=S) groups is 1. The third kappa shape index (κ3) is 3.75. The molecule has 3 N–H and O–H groups in total. The van der Waals surface area contributed by atoms with Crippen LogP contribution in [0.3, 0.4) is 0 Å². The van der Waals surface area contributed by atoms with Crippen LogP contribution in [0.2, 0.25) is 4.47 Å². The molecular formula is C13H14ClN3O2S2. The lowest BCUT2D eigenvalue weighted by Gasteiger charge is -2.15. The fourth-order valence-corrected chi connectivity index (χ4v) is 2.86. The highest BCUT2D eigenvalue weighted by atomic mass is 35.5. The molecule has 1 heterocycles. The number of thiazole rings is 1. The van der Waals surface area contributed by atoms with E-state index in [-0.39, 0.29) is 4.99 Å². The maximum Gasteiger partial charge on any atom is 0.183 e. The Morgan fingerprint density at radius 3 is 2.57 bits per heavy atom. The van der Waals surface area contributed by atoms with Crippen molar-refractivity contribution in [1.82, 2.24) is 4.98 Å². The number of benzene rings is 1. The molecule has 0 saturated carbocycles. The van der Waals surface area contributed by atoms with Crippen LogP contribution in [0.4, 0.5) is 5.69 Å². The molecule has 0 aliphatic heterocycles. The molecule has 0 spiro atoms. The van der Waals surface area contributed by atoms with Gasteiger partial charge in [0.05, 0.1) is 20.8 Å². The summed E-state index contributed by atoms with van der Waals surface area (Å²) in [5.41, 5.74) is 7.23. The normalized spacial score (nSPS) is 10.2. The van der Waals surface area contributed by atoms with Crippen LogP contribution in [0.1, 0.15) is 10.4 Å². The van der Waals surface area contributed by atoms with Crippen molar-refractivity contribution in [3.8, 4) is 11.5 Å². The van der Waals surface area contributed by atoms with Crippen LogP contribution in [0.15, 0.2) is 18.3 Å². The van der Waals surface area contributed by atoms with E-state index in [1.807, 2.05) is 0 Å². The summed E-state index contributed by atoms with van der Waals surface area (Å²) in [5, 5.41) is 3.26. The van der Waals surface area contributed by atoms with E-state index in [1.54, 1.807) is 32.5 Å². The van der Waals surface area contributed by atoms with Crippen LogP contribution in [0.5, 0.6) is 11.5 Å². The number of anilines is 1. The second-order valence-electron chi connectivity index (χ2n) is 4.05. The molecular weight excluding hydrogens is 330 g/mol. The molecule has 0 aliphatic carbocycles. The summed E-state index contributed by atoms with van der Waals surface area (Å²) in [4.78, 5) is 5.28. The number of methoxy groups -OCH3 is 2. The zero-order valence-corrected chi connectivity index (χ0v) is 13.9. The summed E-state index contributed by atoms with van der Waals surface area (Å²) in [6.45, 7) is 0.565. The quantitative estimate of drug-likeness (QED) is 0.786. The Balaban J connectivity index is 2.29. The number of hydrogen-bond donors (Lipinski definition) is 2. The van der Waals surface area contributed by atoms with Crippen molar-refractivity contribution in [2.45, 2.75) is 6.54 Å². The molecule has 112 valence electrons. The number of halogens is 1. The molecule has 0 saturated heterocycles. The van der Waals surface area contributed by atoms with E-state index in [9.17, 15) is 0 Å². The van der Waals surface area contributed by atoms with Gasteiger partial charge in [0.15, 0.2) is 16.0 Å². The number of nitrogens with one attached hydrogen (secondary N) is 1. The molecule has 0 atom stereocenters. The maximum atomic E-state index is 5.81. The largest absolute Gasteiger partial charge is 0.493 e. The Morgan fingerprint density at radius 2 is 2.05 bits per heavy atom. The van der Waals surface area contributed by atoms with E-state index in [0.29, 0.717) is 28.1 Å². The van der Waals surface area contributed by atoms with Crippen LogP contribution >= 0.6 is 35.2 Å². The fraction of sp³-hybridized carbons (Fsp3) is 0.231. The molecule has 2 rings (SSSR count). The van der Waals surface area contributed by atoms with Crippen molar-refractivity contribution in [2.75, 3.05) is 19.5 Å². The van der Waals surface area contributed by atoms with Gasteiger partial charge >= 0.3 is 0 Å². The minimum absolute atomic E-state index is 0.279. The molecule has 0 fully saturated rings. The van der Waals surface area contributed by atoms with E-state index in [4.69, 9.17) is 39.0 Å². The van der Waals surface area contributed by atoms with Gasteiger partial charge in [-0.3, -0.25) is 0 Å². The van der Waals surface area contributed by atoms with Gasteiger partial charge in [0.1, 0.15) is 4.99 Å². The van der Waals surface area contributed by atoms with Gasteiger partial charge < -0.3 is 20.5 Å². The summed E-state index contributed by atoms with van der Waals surface area (Å²) in [6, 6.07) is 3.55. The van der Waals surface area contributed by atoms with E-state index in [0.717, 1.165) is 10.6 Å². The molecule has 5 nitrogen and oxygen atoms in total. The van der Waals surface area contributed by atoms with E-state index >= 15 is 0 Å². The van der Waals surface area contributed by atoms with Crippen molar-refractivity contribution >= 4 is 45.8 Å². The summed E-state index contributed by atoms with van der Waals surface area (Å²) < 4.78 is 11.1. The van der Waals surface area contributed by atoms with Crippen molar-refractivity contribution in [1.29, 1.82) is 0 Å². The van der Waals surface area contributed by atoms with Gasteiger partial charge in [0.25, 0.3) is 0 Å². The van der Waals surface area contributed by atoms with E-state index < -0.39 is 0 Å². The Hall–Kier alpha value is -1.57. The highest BCUT2D eigenvalue weighted by Gasteiger charge is 2.13. The first-order chi connectivity index (χ1) is 10.0. The lowest BCUT2D eigenvalue weighted by atomic mass is 10.1. The first kappa shape index (κ1) is 15.8. The van der Waals surface area contributed by atoms with Crippen LogP contribution < -0.4 is 20.5 Å². The van der Waals surface area contributed by atoms with Crippen LogP contribution in [0.25, 0.3) is 0 Å². The van der Waals surface area contributed by atoms with Crippen LogP contribution in [0, 0.1) is 0 Å². The number of aromatic nitrogens is 1. The van der Waals surface area contributed by atoms with Gasteiger partial charge in [-0.2, -0.15) is 0 Å². The minimum atomic E-state index is 0.279. The first-order valence-corrected chi connectivity index (χ1v) is 7.55. The molecule has 0 amide bonds. The summed E-state index contributed by atoms with van der Waals surface area (Å²) >= 11 is 12.3. The molecule has 2 aromatic rings. The molecule has 21 heavy (non-hydrogen) atoms. The van der Waals surface area contributed by atoms with Gasteiger partial charge in [-0.05, 0) is 6.07 Å². The highest BCUT2D eigenvalue weighted by Crippen LogP contribution is 2.33. The lowest BCUT2D eigenvalue weighted by molar-refractivity contribution is 0.355. The summed E-state index contributed by atoms with van der Waals surface area (Å²) in [5.74, 6) is 1.18. The maximum absolute atomic E-state index is 5.81. The Bertz CT molecular complexity index is 661. The molecule has 0 aliphatic rings.